The molecule has 0 atom stereocenters. The number of carbonyl (C=O) groups excluding carboxylic acids is 1. The second kappa shape index (κ2) is 9.82. The first-order valence-electron chi connectivity index (χ1n) is 10.8. The van der Waals surface area contributed by atoms with E-state index >= 15 is 0 Å². The molecule has 0 N–H and O–H groups in total. The molecule has 0 fully saturated rings. The van der Waals surface area contributed by atoms with E-state index in [2.05, 4.69) is 50.1 Å². The van der Waals surface area contributed by atoms with Crippen LogP contribution in [0.5, 0.6) is 5.75 Å². The number of rotatable bonds is 8. The molecule has 0 saturated heterocycles. The maximum atomic E-state index is 13.3. The van der Waals surface area contributed by atoms with Crippen LogP contribution in [-0.4, -0.2) is 22.8 Å². The number of ether oxygens (including phenoxy) is 1. The second-order valence-corrected chi connectivity index (χ2v) is 8.35. The Balaban J connectivity index is 1.82. The fourth-order valence-corrected chi connectivity index (χ4v) is 3.82. The van der Waals surface area contributed by atoms with Crippen LogP contribution in [0.15, 0.2) is 48.5 Å². The quantitative estimate of drug-likeness (QED) is 0.495. The smallest absolute Gasteiger partial charge is 0.227 e. The molecule has 1 amide bonds. The van der Waals surface area contributed by atoms with Gasteiger partial charge in [-0.3, -0.25) is 9.48 Å². The van der Waals surface area contributed by atoms with E-state index in [1.807, 2.05) is 47.8 Å². The van der Waals surface area contributed by atoms with Crippen molar-refractivity contribution >= 4 is 11.6 Å². The average molecular weight is 420 g/mol. The van der Waals surface area contributed by atoms with Gasteiger partial charge in [-0.1, -0.05) is 38.1 Å². The minimum absolute atomic E-state index is 0.0979. The van der Waals surface area contributed by atoms with Gasteiger partial charge in [-0.15, -0.1) is 0 Å². The van der Waals surface area contributed by atoms with Gasteiger partial charge in [0, 0.05) is 24.8 Å². The van der Waals surface area contributed by atoms with Crippen LogP contribution in [-0.2, 0) is 24.8 Å². The summed E-state index contributed by atoms with van der Waals surface area (Å²) in [6.07, 6.45) is 1.12. The van der Waals surface area contributed by atoms with E-state index in [1.165, 1.54) is 5.56 Å². The first-order chi connectivity index (χ1) is 14.8. The maximum absolute atomic E-state index is 13.3. The Labute approximate surface area is 185 Å². The molecule has 0 unspecified atom stereocenters. The molecule has 0 bridgehead atoms. The fourth-order valence-electron chi connectivity index (χ4n) is 3.82. The predicted octanol–water partition coefficient (Wildman–Crippen LogP) is 5.33. The Kier molecular flexibility index (Phi) is 7.16. The van der Waals surface area contributed by atoms with Crippen molar-refractivity contribution in [2.75, 3.05) is 12.0 Å². The number of hydrogen-bond donors (Lipinski definition) is 0. The van der Waals surface area contributed by atoms with Crippen LogP contribution in [0.25, 0.3) is 0 Å². The Hall–Kier alpha value is -3.08. The van der Waals surface area contributed by atoms with E-state index in [0.29, 0.717) is 25.3 Å². The van der Waals surface area contributed by atoms with Gasteiger partial charge in [0.2, 0.25) is 5.91 Å². The maximum Gasteiger partial charge on any atom is 0.227 e. The summed E-state index contributed by atoms with van der Waals surface area (Å²) in [4.78, 5) is 15.2. The van der Waals surface area contributed by atoms with E-state index in [4.69, 9.17) is 4.74 Å². The van der Waals surface area contributed by atoms with Gasteiger partial charge < -0.3 is 9.64 Å². The molecular formula is C26H33N3O2. The molecule has 0 spiro atoms. The predicted molar refractivity (Wildman–Crippen MR) is 126 cm³/mol. The largest absolute Gasteiger partial charge is 0.497 e. The Morgan fingerprint density at radius 2 is 1.71 bits per heavy atom. The highest BCUT2D eigenvalue weighted by molar-refractivity contribution is 5.93. The van der Waals surface area contributed by atoms with Gasteiger partial charge in [0.25, 0.3) is 0 Å². The van der Waals surface area contributed by atoms with Crippen molar-refractivity contribution in [3.8, 4) is 5.75 Å². The van der Waals surface area contributed by atoms with Crippen LogP contribution in [0, 0.1) is 13.8 Å². The lowest BCUT2D eigenvalue weighted by atomic mass is 10.0. The molecule has 0 radical (unpaired) electrons. The zero-order valence-electron chi connectivity index (χ0n) is 19.5. The standard InChI is InChI=1S/C26H33N3O2/c1-18(2)22-9-7-21(8-10-22)17-29(23-11-13-24(31-6)14-12-23)26(30)16-15-25-19(3)27-28(5)20(25)4/h7-14,18H,15-17H2,1-6H3. The number of amides is 1. The fraction of sp³-hybridized carbons (Fsp3) is 0.385. The lowest BCUT2D eigenvalue weighted by Crippen LogP contribution is -2.30. The van der Waals surface area contributed by atoms with E-state index < -0.39 is 0 Å². The summed E-state index contributed by atoms with van der Waals surface area (Å²) in [5.41, 5.74) is 6.56. The highest BCUT2D eigenvalue weighted by Crippen LogP contribution is 2.24. The number of nitrogens with zero attached hydrogens (tertiary/aromatic N) is 3. The summed E-state index contributed by atoms with van der Waals surface area (Å²) in [6, 6.07) is 16.2. The van der Waals surface area contributed by atoms with Gasteiger partial charge in [-0.2, -0.15) is 5.10 Å². The van der Waals surface area contributed by atoms with E-state index in [9.17, 15) is 4.79 Å². The lowest BCUT2D eigenvalue weighted by molar-refractivity contribution is -0.118. The van der Waals surface area contributed by atoms with Gasteiger partial charge in [0.15, 0.2) is 0 Å². The number of benzene rings is 2. The summed E-state index contributed by atoms with van der Waals surface area (Å²) in [6.45, 7) is 8.96. The van der Waals surface area contributed by atoms with Gasteiger partial charge in [0.05, 0.1) is 19.3 Å². The third-order valence-corrected chi connectivity index (χ3v) is 5.92. The van der Waals surface area contributed by atoms with E-state index in [-0.39, 0.29) is 5.91 Å². The van der Waals surface area contributed by atoms with Crippen LogP contribution >= 0.6 is 0 Å². The molecule has 0 saturated carbocycles. The van der Waals surface area contributed by atoms with Crippen molar-refractivity contribution in [2.24, 2.45) is 7.05 Å². The number of aromatic nitrogens is 2. The summed E-state index contributed by atoms with van der Waals surface area (Å²) < 4.78 is 7.17. The van der Waals surface area contributed by atoms with Crippen molar-refractivity contribution in [1.29, 1.82) is 0 Å². The van der Waals surface area contributed by atoms with Crippen LogP contribution in [0.2, 0.25) is 0 Å². The third kappa shape index (κ3) is 5.35. The molecule has 31 heavy (non-hydrogen) atoms. The Bertz CT molecular complexity index is 1020. The van der Waals surface area contributed by atoms with Gasteiger partial charge in [-0.05, 0) is 67.1 Å². The first kappa shape index (κ1) is 22.6. The molecule has 5 nitrogen and oxygen atoms in total. The minimum Gasteiger partial charge on any atom is -0.497 e. The molecule has 0 aliphatic rings. The minimum atomic E-state index is 0.0979. The van der Waals surface area contributed by atoms with Crippen LogP contribution < -0.4 is 9.64 Å². The lowest BCUT2D eigenvalue weighted by Gasteiger charge is -2.24. The molecule has 3 aromatic rings. The van der Waals surface area contributed by atoms with Crippen molar-refractivity contribution in [1.82, 2.24) is 9.78 Å². The molecular weight excluding hydrogens is 386 g/mol. The van der Waals surface area contributed by atoms with Crippen LogP contribution in [0.3, 0.4) is 0 Å². The number of aryl methyl sites for hydroxylation is 2. The number of hydrogen-bond acceptors (Lipinski definition) is 3. The molecule has 164 valence electrons. The highest BCUT2D eigenvalue weighted by Gasteiger charge is 2.19. The van der Waals surface area contributed by atoms with Gasteiger partial charge >= 0.3 is 0 Å². The molecule has 1 aromatic heterocycles. The molecule has 0 aliphatic heterocycles. The molecule has 1 heterocycles. The van der Waals surface area contributed by atoms with Crippen molar-refractivity contribution < 1.29 is 9.53 Å². The topological polar surface area (TPSA) is 47.4 Å². The van der Waals surface area contributed by atoms with E-state index in [1.54, 1.807) is 7.11 Å². The van der Waals surface area contributed by atoms with E-state index in [0.717, 1.165) is 34.0 Å². The third-order valence-electron chi connectivity index (χ3n) is 5.92. The molecule has 2 aromatic carbocycles. The van der Waals surface area contributed by atoms with Crippen molar-refractivity contribution in [2.45, 2.75) is 53.0 Å². The van der Waals surface area contributed by atoms with Crippen LogP contribution in [0.1, 0.15) is 54.3 Å². The normalized spacial score (nSPS) is 11.1. The monoisotopic (exact) mass is 419 g/mol. The zero-order valence-corrected chi connectivity index (χ0v) is 19.5. The first-order valence-corrected chi connectivity index (χ1v) is 10.8. The second-order valence-electron chi connectivity index (χ2n) is 8.35. The summed E-state index contributed by atoms with van der Waals surface area (Å²) in [5, 5.41) is 4.48. The molecule has 5 heteroatoms. The summed E-state index contributed by atoms with van der Waals surface area (Å²) in [5.74, 6) is 1.36. The van der Waals surface area contributed by atoms with Crippen molar-refractivity contribution in [3.05, 3.63) is 76.6 Å². The average Bonchev–Trinajstić information content (AvgIpc) is 3.01. The van der Waals surface area contributed by atoms with Crippen molar-refractivity contribution in [3.63, 3.8) is 0 Å². The van der Waals surface area contributed by atoms with Gasteiger partial charge in [-0.25, -0.2) is 0 Å². The highest BCUT2D eigenvalue weighted by atomic mass is 16.5. The Morgan fingerprint density at radius 3 is 2.23 bits per heavy atom. The SMILES string of the molecule is COc1ccc(N(Cc2ccc(C(C)C)cc2)C(=O)CCc2c(C)nn(C)c2C)cc1. The number of carbonyl (C=O) groups is 1. The zero-order chi connectivity index (χ0) is 22.5. The number of methoxy groups -OCH3 is 1. The van der Waals surface area contributed by atoms with Crippen LogP contribution in [0.4, 0.5) is 5.69 Å². The Morgan fingerprint density at radius 1 is 1.06 bits per heavy atom. The summed E-state index contributed by atoms with van der Waals surface area (Å²) in [7, 11) is 3.59. The molecule has 0 aliphatic carbocycles. The summed E-state index contributed by atoms with van der Waals surface area (Å²) >= 11 is 0. The number of anilines is 1. The molecule has 3 rings (SSSR count). The van der Waals surface area contributed by atoms with Gasteiger partial charge in [0.1, 0.15) is 5.75 Å².